The summed E-state index contributed by atoms with van der Waals surface area (Å²) in [6.07, 6.45) is 0. The van der Waals surface area contributed by atoms with Crippen molar-refractivity contribution in [2.24, 2.45) is 12.2 Å². The highest BCUT2D eigenvalue weighted by Gasteiger charge is 2.19. The molecule has 0 aliphatic carbocycles. The van der Waals surface area contributed by atoms with E-state index in [1.54, 1.807) is 24.7 Å². The van der Waals surface area contributed by atoms with Gasteiger partial charge in [0.2, 0.25) is 10.0 Å². The summed E-state index contributed by atoms with van der Waals surface area (Å²) in [6.45, 7) is 3.86. The maximum atomic E-state index is 11.7. The van der Waals surface area contributed by atoms with Crippen LogP contribution < -0.4 is 9.88 Å². The number of nitrogens with zero attached hydrogens (tertiary/aromatic N) is 2. The number of benzene rings is 1. The van der Waals surface area contributed by atoms with Crippen molar-refractivity contribution >= 4 is 26.0 Å². The molecule has 0 amide bonds. The minimum absolute atomic E-state index is 0.0340. The number of hydrogen-bond acceptors (Lipinski definition) is 4. The largest absolute Gasteiger partial charge is 0.486 e. The molecule has 0 aliphatic rings. The summed E-state index contributed by atoms with van der Waals surface area (Å²) < 4.78 is 31.4. The van der Waals surface area contributed by atoms with E-state index in [4.69, 9.17) is 9.88 Å². The predicted octanol–water partition coefficient (Wildman–Crippen LogP) is 2.03. The molecular formula is C13H16BrN3O3S. The van der Waals surface area contributed by atoms with Gasteiger partial charge in [0, 0.05) is 11.5 Å². The van der Waals surface area contributed by atoms with E-state index in [0.29, 0.717) is 10.0 Å². The van der Waals surface area contributed by atoms with Gasteiger partial charge in [0.1, 0.15) is 17.3 Å². The van der Waals surface area contributed by atoms with Crippen LogP contribution in [-0.4, -0.2) is 18.2 Å². The lowest BCUT2D eigenvalue weighted by Crippen LogP contribution is -2.15. The van der Waals surface area contributed by atoms with Crippen LogP contribution in [0.3, 0.4) is 0 Å². The van der Waals surface area contributed by atoms with Crippen molar-refractivity contribution in [1.82, 2.24) is 9.78 Å². The minimum atomic E-state index is -3.87. The third kappa shape index (κ3) is 3.63. The van der Waals surface area contributed by atoms with Gasteiger partial charge >= 0.3 is 0 Å². The molecule has 1 heterocycles. The highest BCUT2D eigenvalue weighted by molar-refractivity contribution is 9.10. The van der Waals surface area contributed by atoms with Gasteiger partial charge in [-0.15, -0.1) is 0 Å². The van der Waals surface area contributed by atoms with Crippen molar-refractivity contribution in [2.45, 2.75) is 25.3 Å². The Morgan fingerprint density at radius 1 is 1.33 bits per heavy atom. The van der Waals surface area contributed by atoms with Gasteiger partial charge in [-0.2, -0.15) is 5.10 Å². The number of aromatic nitrogens is 2. The molecule has 0 spiro atoms. The molecule has 1 aromatic carbocycles. The Kier molecular flexibility index (Phi) is 4.40. The first-order chi connectivity index (χ1) is 9.68. The van der Waals surface area contributed by atoms with Crippen LogP contribution in [0.4, 0.5) is 0 Å². The molecule has 0 atom stereocenters. The fraction of sp³-hybridized carbons (Fsp3) is 0.308. The van der Waals surface area contributed by atoms with Gasteiger partial charge in [-0.25, -0.2) is 13.6 Å². The molecule has 2 aromatic rings. The standard InChI is InChI=1S/C13H16BrN3O3S/c1-8-4-10(14)6-12(21(15,18)19)13(8)20-7-11-5-9(2)16-17(11)3/h4-6H,7H2,1-3H3,(H2,15,18,19). The lowest BCUT2D eigenvalue weighted by molar-refractivity contribution is 0.285. The van der Waals surface area contributed by atoms with Crippen LogP contribution in [0.15, 0.2) is 27.6 Å². The normalized spacial score (nSPS) is 11.7. The predicted molar refractivity (Wildman–Crippen MR) is 82.5 cm³/mol. The van der Waals surface area contributed by atoms with Gasteiger partial charge in [0.25, 0.3) is 0 Å². The summed E-state index contributed by atoms with van der Waals surface area (Å²) in [7, 11) is -2.06. The first-order valence-corrected chi connectivity index (χ1v) is 8.47. The molecule has 0 saturated carbocycles. The molecule has 0 fully saturated rings. The fourth-order valence-corrected chi connectivity index (χ4v) is 3.53. The third-order valence-corrected chi connectivity index (χ3v) is 4.35. The summed E-state index contributed by atoms with van der Waals surface area (Å²) in [6, 6.07) is 5.09. The second kappa shape index (κ2) is 5.78. The zero-order valence-electron chi connectivity index (χ0n) is 11.9. The first-order valence-electron chi connectivity index (χ1n) is 6.13. The van der Waals surface area contributed by atoms with Crippen molar-refractivity contribution < 1.29 is 13.2 Å². The average Bonchev–Trinajstić information content (AvgIpc) is 2.64. The number of ether oxygens (including phenoxy) is 1. The molecule has 2 rings (SSSR count). The summed E-state index contributed by atoms with van der Waals surface area (Å²) in [4.78, 5) is -0.0340. The summed E-state index contributed by atoms with van der Waals surface area (Å²) in [5, 5.41) is 9.47. The molecule has 0 bridgehead atoms. The summed E-state index contributed by atoms with van der Waals surface area (Å²) >= 11 is 3.26. The highest BCUT2D eigenvalue weighted by Crippen LogP contribution is 2.31. The van der Waals surface area contributed by atoms with Gasteiger partial charge in [0.05, 0.1) is 11.4 Å². The van der Waals surface area contributed by atoms with Crippen LogP contribution in [0.5, 0.6) is 5.75 Å². The second-order valence-electron chi connectivity index (χ2n) is 4.78. The van der Waals surface area contributed by atoms with Crippen molar-refractivity contribution in [3.8, 4) is 5.75 Å². The van der Waals surface area contributed by atoms with Crippen molar-refractivity contribution in [2.75, 3.05) is 0 Å². The lowest BCUT2D eigenvalue weighted by atomic mass is 10.2. The van der Waals surface area contributed by atoms with Crippen LogP contribution in [0.1, 0.15) is 17.0 Å². The minimum Gasteiger partial charge on any atom is -0.486 e. The molecule has 2 N–H and O–H groups in total. The number of halogens is 1. The molecule has 1 aromatic heterocycles. The number of nitrogens with two attached hydrogens (primary N) is 1. The molecule has 0 radical (unpaired) electrons. The van der Waals surface area contributed by atoms with Gasteiger partial charge in [-0.3, -0.25) is 4.68 Å². The SMILES string of the molecule is Cc1cc(COc2c(C)cc(Br)cc2S(N)(=O)=O)n(C)n1. The first kappa shape index (κ1) is 16.0. The highest BCUT2D eigenvalue weighted by atomic mass is 79.9. The van der Waals surface area contributed by atoms with Gasteiger partial charge in [-0.1, -0.05) is 15.9 Å². The smallest absolute Gasteiger partial charge is 0.241 e. The van der Waals surface area contributed by atoms with Crippen molar-refractivity contribution in [3.63, 3.8) is 0 Å². The average molecular weight is 374 g/mol. The molecule has 21 heavy (non-hydrogen) atoms. The van der Waals surface area contributed by atoms with Gasteiger partial charge in [0.15, 0.2) is 0 Å². The van der Waals surface area contributed by atoms with E-state index in [0.717, 1.165) is 11.4 Å². The number of primary sulfonamides is 1. The molecular weight excluding hydrogens is 358 g/mol. The summed E-state index contributed by atoms with van der Waals surface area (Å²) in [5.74, 6) is 0.263. The number of sulfonamides is 1. The third-order valence-electron chi connectivity index (χ3n) is 2.98. The summed E-state index contributed by atoms with van der Waals surface area (Å²) in [5.41, 5.74) is 2.40. The van der Waals surface area contributed by atoms with Crippen LogP contribution in [-0.2, 0) is 23.7 Å². The molecule has 0 aliphatic heterocycles. The topological polar surface area (TPSA) is 87.2 Å². The monoisotopic (exact) mass is 373 g/mol. The fourth-order valence-electron chi connectivity index (χ4n) is 2.04. The van der Waals surface area contributed by atoms with Crippen LogP contribution in [0.25, 0.3) is 0 Å². The molecule has 0 unspecified atom stereocenters. The molecule has 114 valence electrons. The Labute approximate surface area is 132 Å². The maximum absolute atomic E-state index is 11.7. The Bertz CT molecular complexity index is 784. The zero-order chi connectivity index (χ0) is 15.8. The van der Waals surface area contributed by atoms with E-state index in [1.807, 2.05) is 13.0 Å². The lowest BCUT2D eigenvalue weighted by Gasteiger charge is -2.13. The number of rotatable bonds is 4. The van der Waals surface area contributed by atoms with Gasteiger partial charge < -0.3 is 4.74 Å². The zero-order valence-corrected chi connectivity index (χ0v) is 14.3. The van der Waals surface area contributed by atoms with Crippen LogP contribution in [0.2, 0.25) is 0 Å². The van der Waals surface area contributed by atoms with E-state index < -0.39 is 10.0 Å². The van der Waals surface area contributed by atoms with E-state index in [1.165, 1.54) is 6.07 Å². The molecule has 8 heteroatoms. The second-order valence-corrected chi connectivity index (χ2v) is 7.23. The quantitative estimate of drug-likeness (QED) is 0.887. The maximum Gasteiger partial charge on any atom is 0.241 e. The van der Waals surface area contributed by atoms with Gasteiger partial charge in [-0.05, 0) is 37.6 Å². The Hall–Kier alpha value is -1.38. The Morgan fingerprint density at radius 3 is 2.52 bits per heavy atom. The van der Waals surface area contributed by atoms with Crippen LogP contribution in [0, 0.1) is 13.8 Å². The number of aryl methyl sites for hydroxylation is 3. The molecule has 0 saturated heterocycles. The van der Waals surface area contributed by atoms with Crippen LogP contribution >= 0.6 is 15.9 Å². The van der Waals surface area contributed by atoms with Crippen molar-refractivity contribution in [3.05, 3.63) is 39.6 Å². The van der Waals surface area contributed by atoms with E-state index in [9.17, 15) is 8.42 Å². The Morgan fingerprint density at radius 2 is 2.00 bits per heavy atom. The van der Waals surface area contributed by atoms with E-state index in [2.05, 4.69) is 21.0 Å². The molecule has 6 nitrogen and oxygen atoms in total. The Balaban J connectivity index is 2.38. The van der Waals surface area contributed by atoms with E-state index in [-0.39, 0.29) is 17.3 Å². The van der Waals surface area contributed by atoms with E-state index >= 15 is 0 Å². The van der Waals surface area contributed by atoms with Crippen molar-refractivity contribution in [1.29, 1.82) is 0 Å². The number of hydrogen-bond donors (Lipinski definition) is 1.